The molecule has 0 saturated heterocycles. The Bertz CT molecular complexity index is 1010. The first kappa shape index (κ1) is 23.3. The molecule has 1 amide bonds. The average Bonchev–Trinajstić information content (AvgIpc) is 2.70. The van der Waals surface area contributed by atoms with Crippen LogP contribution in [0.3, 0.4) is 0 Å². The second kappa shape index (κ2) is 9.03. The maximum atomic E-state index is 12.6. The molecule has 5 nitrogen and oxygen atoms in total. The number of nitrogens with one attached hydrogen (secondary N) is 2. The van der Waals surface area contributed by atoms with Crippen molar-refractivity contribution in [3.8, 4) is 0 Å². The van der Waals surface area contributed by atoms with Crippen LogP contribution in [0.15, 0.2) is 48.5 Å². The average molecular weight is 443 g/mol. The second-order valence-corrected chi connectivity index (χ2v) is 12.2. The molecule has 3 unspecified atom stereocenters. The zero-order valence-corrected chi connectivity index (χ0v) is 19.9. The number of hydrogen-bond donors (Lipinski definition) is 2. The third kappa shape index (κ3) is 5.48. The summed E-state index contributed by atoms with van der Waals surface area (Å²) in [5, 5.41) is 2.92. The molecule has 2 aromatic carbocycles. The molecule has 31 heavy (non-hydrogen) atoms. The largest absolute Gasteiger partial charge is 0.322 e. The van der Waals surface area contributed by atoms with Gasteiger partial charge in [0, 0.05) is 16.9 Å². The number of carbonyl (C=O) groups excluding carboxylic acids is 1. The van der Waals surface area contributed by atoms with E-state index >= 15 is 0 Å². The molecule has 0 bridgehead atoms. The van der Waals surface area contributed by atoms with Crippen molar-refractivity contribution in [2.45, 2.75) is 64.5 Å². The quantitative estimate of drug-likeness (QED) is 0.594. The number of hydrogen-bond acceptors (Lipinski definition) is 3. The van der Waals surface area contributed by atoms with Gasteiger partial charge in [0.25, 0.3) is 5.91 Å². The first-order valence-corrected chi connectivity index (χ1v) is 12.5. The SMILES string of the molecule is CC1CCCC(c2ccc(NC(=O)c3ccc(NS(=O)(=O)C(C)(C)C)cc3)cc2)C1C. The standard InChI is InChI=1S/C25H34N2O3S/c1-17-7-6-8-23(18(17)2)19-9-13-21(14-10-19)26-24(28)20-11-15-22(16-12-20)27-31(29,30)25(3,4)5/h9-18,23,27H,6-8H2,1-5H3,(H,26,28). The summed E-state index contributed by atoms with van der Waals surface area (Å²) < 4.78 is 26.2. The first-order valence-electron chi connectivity index (χ1n) is 11.0. The molecule has 1 aliphatic carbocycles. The monoisotopic (exact) mass is 442 g/mol. The van der Waals surface area contributed by atoms with Gasteiger partial charge >= 0.3 is 0 Å². The molecule has 2 N–H and O–H groups in total. The highest BCUT2D eigenvalue weighted by Gasteiger charge is 2.29. The van der Waals surface area contributed by atoms with Gasteiger partial charge in [-0.15, -0.1) is 0 Å². The predicted molar refractivity (Wildman–Crippen MR) is 128 cm³/mol. The summed E-state index contributed by atoms with van der Waals surface area (Å²) in [7, 11) is -3.50. The molecule has 3 rings (SSSR count). The highest BCUT2D eigenvalue weighted by molar-refractivity contribution is 7.94. The summed E-state index contributed by atoms with van der Waals surface area (Å²) >= 11 is 0. The lowest BCUT2D eigenvalue weighted by atomic mass is 9.71. The van der Waals surface area contributed by atoms with Crippen molar-refractivity contribution < 1.29 is 13.2 Å². The van der Waals surface area contributed by atoms with E-state index in [0.717, 1.165) is 11.6 Å². The Morgan fingerprint density at radius 1 is 0.903 bits per heavy atom. The Morgan fingerprint density at radius 2 is 1.48 bits per heavy atom. The number of rotatable bonds is 5. The van der Waals surface area contributed by atoms with Crippen LogP contribution >= 0.6 is 0 Å². The van der Waals surface area contributed by atoms with Crippen molar-refractivity contribution in [3.63, 3.8) is 0 Å². The van der Waals surface area contributed by atoms with Crippen molar-refractivity contribution in [1.82, 2.24) is 0 Å². The van der Waals surface area contributed by atoms with Gasteiger partial charge in [-0.1, -0.05) is 38.8 Å². The van der Waals surface area contributed by atoms with Crippen molar-refractivity contribution in [3.05, 3.63) is 59.7 Å². The smallest absolute Gasteiger partial charge is 0.255 e. The third-order valence-electron chi connectivity index (χ3n) is 6.51. The van der Waals surface area contributed by atoms with Gasteiger partial charge < -0.3 is 5.32 Å². The van der Waals surface area contributed by atoms with Gasteiger partial charge in [-0.2, -0.15) is 0 Å². The van der Waals surface area contributed by atoms with Gasteiger partial charge in [0.15, 0.2) is 0 Å². The molecule has 0 aromatic heterocycles. The van der Waals surface area contributed by atoms with Crippen molar-refractivity contribution in [2.24, 2.45) is 11.8 Å². The Labute approximate surface area is 186 Å². The number of carbonyl (C=O) groups is 1. The van der Waals surface area contributed by atoms with E-state index in [4.69, 9.17) is 0 Å². The minimum Gasteiger partial charge on any atom is -0.322 e. The number of anilines is 2. The minimum absolute atomic E-state index is 0.224. The van der Waals surface area contributed by atoms with E-state index < -0.39 is 14.8 Å². The Kier molecular flexibility index (Phi) is 6.79. The molecule has 0 spiro atoms. The lowest BCUT2D eigenvalue weighted by Crippen LogP contribution is -2.33. The molecule has 2 aromatic rings. The van der Waals surface area contributed by atoms with Crippen LogP contribution in [0.5, 0.6) is 0 Å². The summed E-state index contributed by atoms with van der Waals surface area (Å²) in [6, 6.07) is 14.6. The van der Waals surface area contributed by atoms with Gasteiger partial charge in [-0.05, 0) is 86.9 Å². The van der Waals surface area contributed by atoms with Crippen LogP contribution in [0.25, 0.3) is 0 Å². The minimum atomic E-state index is -3.50. The van der Waals surface area contributed by atoms with Crippen molar-refractivity contribution in [2.75, 3.05) is 10.0 Å². The molecular formula is C25H34N2O3S. The topological polar surface area (TPSA) is 75.3 Å². The van der Waals surface area contributed by atoms with Gasteiger partial charge in [0.05, 0.1) is 4.75 Å². The van der Waals surface area contributed by atoms with Crippen molar-refractivity contribution in [1.29, 1.82) is 0 Å². The van der Waals surface area contributed by atoms with Crippen molar-refractivity contribution >= 4 is 27.3 Å². The highest BCUT2D eigenvalue weighted by Crippen LogP contribution is 2.41. The molecule has 0 heterocycles. The van der Waals surface area contributed by atoms with E-state index in [1.54, 1.807) is 45.0 Å². The normalized spacial score (nSPS) is 22.0. The molecule has 1 aliphatic rings. The van der Waals surface area contributed by atoms with E-state index in [0.29, 0.717) is 23.1 Å². The van der Waals surface area contributed by atoms with Crippen LogP contribution in [-0.2, 0) is 10.0 Å². The van der Waals surface area contributed by atoms with Gasteiger partial charge in [0.2, 0.25) is 10.0 Å². The van der Waals surface area contributed by atoms with E-state index in [1.165, 1.54) is 24.8 Å². The zero-order chi connectivity index (χ0) is 22.8. The fourth-order valence-corrected chi connectivity index (χ4v) is 4.82. The fourth-order valence-electron chi connectivity index (χ4n) is 4.07. The van der Waals surface area contributed by atoms with Crippen LogP contribution < -0.4 is 10.0 Å². The molecule has 1 fully saturated rings. The predicted octanol–water partition coefficient (Wildman–Crippen LogP) is 6.02. The summed E-state index contributed by atoms with van der Waals surface area (Å²) in [5.74, 6) is 1.77. The van der Waals surface area contributed by atoms with Crippen LogP contribution in [0.1, 0.15) is 75.7 Å². The number of sulfonamides is 1. The summed E-state index contributed by atoms with van der Waals surface area (Å²) in [6.07, 6.45) is 3.81. The molecule has 1 saturated carbocycles. The Balaban J connectivity index is 1.64. The fraction of sp³-hybridized carbons (Fsp3) is 0.480. The molecule has 0 radical (unpaired) electrons. The second-order valence-electron chi connectivity index (χ2n) is 9.75. The van der Waals surface area contributed by atoms with Gasteiger partial charge in [-0.3, -0.25) is 9.52 Å². The third-order valence-corrected chi connectivity index (χ3v) is 8.63. The molecule has 6 heteroatoms. The summed E-state index contributed by atoms with van der Waals surface area (Å²) in [5.41, 5.74) is 3.00. The van der Waals surface area contributed by atoms with E-state index in [1.807, 2.05) is 12.1 Å². The van der Waals surface area contributed by atoms with Crippen LogP contribution in [0, 0.1) is 11.8 Å². The van der Waals surface area contributed by atoms with E-state index in [-0.39, 0.29) is 5.91 Å². The Morgan fingerprint density at radius 3 is 2.06 bits per heavy atom. The number of amides is 1. The molecule has 3 atom stereocenters. The lowest BCUT2D eigenvalue weighted by molar-refractivity contribution is 0.102. The van der Waals surface area contributed by atoms with E-state index in [9.17, 15) is 13.2 Å². The van der Waals surface area contributed by atoms with E-state index in [2.05, 4.69) is 36.0 Å². The lowest BCUT2D eigenvalue weighted by Gasteiger charge is -2.34. The first-order chi connectivity index (χ1) is 14.5. The number of benzene rings is 2. The highest BCUT2D eigenvalue weighted by atomic mass is 32.2. The molecule has 168 valence electrons. The Hall–Kier alpha value is -2.34. The van der Waals surface area contributed by atoms with Crippen LogP contribution in [0.4, 0.5) is 11.4 Å². The zero-order valence-electron chi connectivity index (χ0n) is 19.1. The maximum Gasteiger partial charge on any atom is 0.255 e. The molecular weight excluding hydrogens is 408 g/mol. The summed E-state index contributed by atoms with van der Waals surface area (Å²) in [4.78, 5) is 12.6. The van der Waals surface area contributed by atoms with Gasteiger partial charge in [0.1, 0.15) is 0 Å². The van der Waals surface area contributed by atoms with Crippen LogP contribution in [-0.4, -0.2) is 19.1 Å². The van der Waals surface area contributed by atoms with Crippen LogP contribution in [0.2, 0.25) is 0 Å². The summed E-state index contributed by atoms with van der Waals surface area (Å²) in [6.45, 7) is 9.59. The van der Waals surface area contributed by atoms with Gasteiger partial charge in [-0.25, -0.2) is 8.42 Å². The maximum absolute atomic E-state index is 12.6. The molecule has 0 aliphatic heterocycles.